The van der Waals surface area contributed by atoms with E-state index in [4.69, 9.17) is 5.73 Å². The molecule has 3 rings (SSSR count). The molecule has 1 aliphatic rings. The van der Waals surface area contributed by atoms with Gasteiger partial charge in [0.05, 0.1) is 26.3 Å². The molecular formula is C11H10N2O2S3. The van der Waals surface area contributed by atoms with Crippen LogP contribution < -0.4 is 5.73 Å². The van der Waals surface area contributed by atoms with Crippen LogP contribution in [0.15, 0.2) is 39.6 Å². The second kappa shape index (κ2) is 4.25. The molecule has 2 heterocycles. The summed E-state index contributed by atoms with van der Waals surface area (Å²) in [6.45, 7) is 0. The van der Waals surface area contributed by atoms with Gasteiger partial charge in [0.1, 0.15) is 0 Å². The van der Waals surface area contributed by atoms with Gasteiger partial charge in [-0.2, -0.15) is 0 Å². The topological polar surface area (TPSA) is 73.0 Å². The Hall–Kier alpha value is -1.05. The third kappa shape index (κ3) is 2.02. The van der Waals surface area contributed by atoms with Crippen LogP contribution in [0, 0.1) is 0 Å². The van der Waals surface area contributed by atoms with Crippen LogP contribution in [-0.2, 0) is 9.84 Å². The van der Waals surface area contributed by atoms with E-state index in [1.54, 1.807) is 18.3 Å². The summed E-state index contributed by atoms with van der Waals surface area (Å²) in [4.78, 5) is 4.44. The van der Waals surface area contributed by atoms with Crippen LogP contribution in [0.5, 0.6) is 0 Å². The van der Waals surface area contributed by atoms with Crippen molar-refractivity contribution in [2.24, 2.45) is 0 Å². The van der Waals surface area contributed by atoms with Gasteiger partial charge < -0.3 is 5.73 Å². The van der Waals surface area contributed by atoms with Gasteiger partial charge >= 0.3 is 0 Å². The summed E-state index contributed by atoms with van der Waals surface area (Å²) in [5, 5.41) is 0.442. The Labute approximate surface area is 113 Å². The zero-order valence-electron chi connectivity index (χ0n) is 9.24. The van der Waals surface area contributed by atoms with Crippen molar-refractivity contribution in [1.82, 2.24) is 4.98 Å². The van der Waals surface area contributed by atoms with Crippen molar-refractivity contribution >= 4 is 38.1 Å². The highest BCUT2D eigenvalue weighted by Crippen LogP contribution is 2.46. The number of nitrogen functional groups attached to an aromatic ring is 1. The molecular weight excluding hydrogens is 288 g/mol. The number of benzene rings is 1. The summed E-state index contributed by atoms with van der Waals surface area (Å²) in [6, 6.07) is 7.18. The second-order valence-electron chi connectivity index (χ2n) is 3.94. The van der Waals surface area contributed by atoms with Crippen LogP contribution in [0.25, 0.3) is 0 Å². The summed E-state index contributed by atoms with van der Waals surface area (Å²) >= 11 is 2.90. The predicted molar refractivity (Wildman–Crippen MR) is 73.6 cm³/mol. The number of nitrogens with zero attached hydrogens (tertiary/aromatic N) is 1. The van der Waals surface area contributed by atoms with Crippen molar-refractivity contribution in [3.8, 4) is 0 Å². The molecule has 1 aliphatic heterocycles. The maximum atomic E-state index is 12.0. The highest BCUT2D eigenvalue weighted by Gasteiger charge is 2.35. The summed E-state index contributed by atoms with van der Waals surface area (Å²) in [6.07, 6.45) is 1.69. The van der Waals surface area contributed by atoms with Gasteiger partial charge in [-0.3, -0.25) is 0 Å². The molecule has 0 radical (unpaired) electrons. The summed E-state index contributed by atoms with van der Waals surface area (Å²) in [7, 11) is -3.14. The third-order valence-corrected chi connectivity index (χ3v) is 6.96. The minimum absolute atomic E-state index is 0.0638. The van der Waals surface area contributed by atoms with E-state index in [-0.39, 0.29) is 11.0 Å². The van der Waals surface area contributed by atoms with E-state index in [0.29, 0.717) is 10.0 Å². The lowest BCUT2D eigenvalue weighted by Gasteiger charge is -2.06. The van der Waals surface area contributed by atoms with Gasteiger partial charge in [-0.1, -0.05) is 29.5 Å². The van der Waals surface area contributed by atoms with Crippen LogP contribution >= 0.6 is 23.1 Å². The van der Waals surface area contributed by atoms with Gasteiger partial charge in [0, 0.05) is 0 Å². The highest BCUT2D eigenvalue weighted by molar-refractivity contribution is 8.03. The number of rotatable bonds is 2. The number of nitrogens with two attached hydrogens (primary N) is 1. The Kier molecular flexibility index (Phi) is 2.84. The maximum Gasteiger partial charge on any atom is 0.181 e. The molecule has 0 amide bonds. The first kappa shape index (κ1) is 12.0. The fourth-order valence-corrected chi connectivity index (χ4v) is 6.41. The zero-order valence-corrected chi connectivity index (χ0v) is 11.7. The van der Waals surface area contributed by atoms with Gasteiger partial charge in [0.25, 0.3) is 0 Å². The smallest absolute Gasteiger partial charge is 0.181 e. The number of hydrogen-bond donors (Lipinski definition) is 1. The van der Waals surface area contributed by atoms with Gasteiger partial charge in [-0.15, -0.1) is 11.8 Å². The average Bonchev–Trinajstić information content (AvgIpc) is 2.83. The van der Waals surface area contributed by atoms with Crippen molar-refractivity contribution in [2.45, 2.75) is 14.4 Å². The fraction of sp³-hybridized carbons (Fsp3) is 0.182. The SMILES string of the molecule is Nc1ncc(SC2CS(=O)(=O)c3ccccc32)s1. The third-order valence-electron chi connectivity index (χ3n) is 2.73. The van der Waals surface area contributed by atoms with E-state index < -0.39 is 9.84 Å². The minimum Gasteiger partial charge on any atom is -0.375 e. The Morgan fingerprint density at radius 2 is 2.17 bits per heavy atom. The number of hydrogen-bond acceptors (Lipinski definition) is 6. The van der Waals surface area contributed by atoms with E-state index in [2.05, 4.69) is 4.98 Å². The molecule has 0 fully saturated rings. The molecule has 94 valence electrons. The number of aromatic nitrogens is 1. The molecule has 0 saturated heterocycles. The van der Waals surface area contributed by atoms with E-state index in [1.807, 2.05) is 12.1 Å². The van der Waals surface area contributed by atoms with E-state index >= 15 is 0 Å². The first-order valence-corrected chi connectivity index (χ1v) is 8.61. The number of anilines is 1. The molecule has 7 heteroatoms. The molecule has 1 aromatic heterocycles. The second-order valence-corrected chi connectivity index (χ2v) is 8.51. The molecule has 4 nitrogen and oxygen atoms in total. The zero-order chi connectivity index (χ0) is 12.8. The molecule has 1 atom stereocenters. The lowest BCUT2D eigenvalue weighted by atomic mass is 10.2. The largest absolute Gasteiger partial charge is 0.375 e. The van der Waals surface area contributed by atoms with Crippen LogP contribution in [0.1, 0.15) is 10.8 Å². The van der Waals surface area contributed by atoms with Crippen molar-refractivity contribution in [1.29, 1.82) is 0 Å². The number of thiazole rings is 1. The van der Waals surface area contributed by atoms with E-state index in [1.165, 1.54) is 23.1 Å². The van der Waals surface area contributed by atoms with Crippen molar-refractivity contribution in [3.05, 3.63) is 36.0 Å². The normalized spacial score (nSPS) is 20.8. The molecule has 18 heavy (non-hydrogen) atoms. The Morgan fingerprint density at radius 3 is 2.89 bits per heavy atom. The van der Waals surface area contributed by atoms with Gasteiger partial charge in [0.2, 0.25) is 0 Å². The molecule has 1 aromatic carbocycles. The molecule has 2 aromatic rings. The minimum atomic E-state index is -3.14. The Morgan fingerprint density at radius 1 is 1.39 bits per heavy atom. The van der Waals surface area contributed by atoms with Crippen LogP contribution in [0.2, 0.25) is 0 Å². The molecule has 1 unspecified atom stereocenters. The number of sulfone groups is 1. The van der Waals surface area contributed by atoms with Crippen molar-refractivity contribution < 1.29 is 8.42 Å². The van der Waals surface area contributed by atoms with Crippen molar-refractivity contribution in [3.63, 3.8) is 0 Å². The van der Waals surface area contributed by atoms with Gasteiger partial charge in [-0.05, 0) is 11.6 Å². The summed E-state index contributed by atoms with van der Waals surface area (Å²) < 4.78 is 25.0. The van der Waals surface area contributed by atoms with Crippen LogP contribution in [0.3, 0.4) is 0 Å². The molecule has 0 bridgehead atoms. The first-order valence-electron chi connectivity index (χ1n) is 5.26. The molecule has 0 saturated carbocycles. The molecule has 0 aliphatic carbocycles. The lowest BCUT2D eigenvalue weighted by Crippen LogP contribution is -2.00. The average molecular weight is 298 g/mol. The predicted octanol–water partition coefficient (Wildman–Crippen LogP) is 2.35. The van der Waals surface area contributed by atoms with Crippen LogP contribution in [0.4, 0.5) is 5.13 Å². The van der Waals surface area contributed by atoms with E-state index in [9.17, 15) is 8.42 Å². The van der Waals surface area contributed by atoms with E-state index in [0.717, 1.165) is 9.77 Å². The molecule has 2 N–H and O–H groups in total. The Balaban J connectivity index is 1.97. The standard InChI is InChI=1S/C11H10N2O2S3/c12-11-13-5-10(17-11)16-8-6-18(14,15)9-4-2-1-3-7(8)9/h1-5,8H,6H2,(H2,12,13). The highest BCUT2D eigenvalue weighted by atomic mass is 32.2. The Bertz CT molecular complexity index is 694. The van der Waals surface area contributed by atoms with Gasteiger partial charge in [0.15, 0.2) is 15.0 Å². The molecule has 0 spiro atoms. The monoisotopic (exact) mass is 298 g/mol. The first-order chi connectivity index (χ1) is 8.56. The van der Waals surface area contributed by atoms with Crippen LogP contribution in [-0.4, -0.2) is 19.2 Å². The van der Waals surface area contributed by atoms with Crippen molar-refractivity contribution in [2.75, 3.05) is 11.5 Å². The fourth-order valence-electron chi connectivity index (χ4n) is 1.97. The number of thioether (sulfide) groups is 1. The quantitative estimate of drug-likeness (QED) is 0.921. The summed E-state index contributed by atoms with van der Waals surface area (Å²) in [5.41, 5.74) is 6.46. The summed E-state index contributed by atoms with van der Waals surface area (Å²) in [5.74, 6) is 0.148. The number of fused-ring (bicyclic) bond motifs is 1. The lowest BCUT2D eigenvalue weighted by molar-refractivity contribution is 0.600. The maximum absolute atomic E-state index is 12.0. The van der Waals surface area contributed by atoms with Gasteiger partial charge in [-0.25, -0.2) is 13.4 Å².